The van der Waals surface area contributed by atoms with Gasteiger partial charge in [0.2, 0.25) is 5.91 Å². The van der Waals surface area contributed by atoms with Gasteiger partial charge < -0.3 is 10.6 Å². The lowest BCUT2D eigenvalue weighted by Crippen LogP contribution is -2.36. The van der Waals surface area contributed by atoms with E-state index in [9.17, 15) is 4.79 Å². The molecule has 1 aromatic carbocycles. The number of benzene rings is 1. The van der Waals surface area contributed by atoms with E-state index in [1.165, 1.54) is 0 Å². The molecule has 0 aliphatic carbocycles. The van der Waals surface area contributed by atoms with Crippen LogP contribution in [0, 0.1) is 19.3 Å². The molecule has 1 aromatic rings. The van der Waals surface area contributed by atoms with E-state index in [-0.39, 0.29) is 11.3 Å². The van der Waals surface area contributed by atoms with Gasteiger partial charge in [0.05, 0.1) is 0 Å². The van der Waals surface area contributed by atoms with Crippen molar-refractivity contribution >= 4 is 28.9 Å². The molecule has 0 heterocycles. The van der Waals surface area contributed by atoms with Gasteiger partial charge in [-0.15, -0.1) is 0 Å². The Morgan fingerprint density at radius 3 is 2.47 bits per heavy atom. The summed E-state index contributed by atoms with van der Waals surface area (Å²) in [4.78, 5) is 11.8. The van der Waals surface area contributed by atoms with Crippen LogP contribution >= 0.6 is 12.2 Å². The lowest BCUT2D eigenvalue weighted by atomic mass is 9.92. The Labute approximate surface area is 120 Å². The van der Waals surface area contributed by atoms with E-state index in [0.29, 0.717) is 11.5 Å². The summed E-state index contributed by atoms with van der Waals surface area (Å²) in [6, 6.07) is 6.08. The zero-order valence-corrected chi connectivity index (χ0v) is 13.1. The maximum absolute atomic E-state index is 11.8. The Balaban J connectivity index is 2.61. The third kappa shape index (κ3) is 5.83. The average molecular weight is 278 g/mol. The zero-order valence-electron chi connectivity index (χ0n) is 12.3. The summed E-state index contributed by atoms with van der Waals surface area (Å²) in [5, 5.41) is 6.13. The minimum absolute atomic E-state index is 0.0427. The van der Waals surface area contributed by atoms with Crippen LogP contribution in [0.1, 0.15) is 38.3 Å². The number of hydrogen-bond acceptors (Lipinski definition) is 2. The molecule has 0 fully saturated rings. The van der Waals surface area contributed by atoms with Crippen molar-refractivity contribution < 1.29 is 4.79 Å². The molecule has 0 radical (unpaired) electrons. The minimum atomic E-state index is -0.0599. The maximum atomic E-state index is 11.8. The van der Waals surface area contributed by atoms with Gasteiger partial charge in [0.15, 0.2) is 5.11 Å². The van der Waals surface area contributed by atoms with E-state index in [0.717, 1.165) is 16.8 Å². The monoisotopic (exact) mass is 278 g/mol. The molecule has 104 valence electrons. The van der Waals surface area contributed by atoms with Crippen LogP contribution in [0.3, 0.4) is 0 Å². The van der Waals surface area contributed by atoms with Gasteiger partial charge in [0, 0.05) is 12.1 Å². The van der Waals surface area contributed by atoms with Gasteiger partial charge in [-0.05, 0) is 48.7 Å². The lowest BCUT2D eigenvalue weighted by molar-refractivity contribution is -0.121. The van der Waals surface area contributed by atoms with Crippen LogP contribution in [0.4, 0.5) is 5.69 Å². The molecule has 0 aliphatic rings. The number of hydrogen-bond donors (Lipinski definition) is 2. The molecule has 1 rings (SSSR count). The number of amides is 1. The molecule has 2 N–H and O–H groups in total. The predicted octanol–water partition coefficient (Wildman–Crippen LogP) is 3.55. The van der Waals surface area contributed by atoms with Crippen molar-refractivity contribution in [2.45, 2.75) is 41.0 Å². The summed E-state index contributed by atoms with van der Waals surface area (Å²) >= 11 is 5.16. The molecule has 0 saturated heterocycles. The van der Waals surface area contributed by atoms with Gasteiger partial charge in [-0.25, -0.2) is 0 Å². The van der Waals surface area contributed by atoms with Crippen molar-refractivity contribution in [3.05, 3.63) is 29.3 Å². The molecule has 19 heavy (non-hydrogen) atoms. The van der Waals surface area contributed by atoms with E-state index in [2.05, 4.69) is 10.6 Å². The minimum Gasteiger partial charge on any atom is -0.332 e. The highest BCUT2D eigenvalue weighted by Gasteiger charge is 2.16. The van der Waals surface area contributed by atoms with Crippen LogP contribution in [0.15, 0.2) is 18.2 Å². The number of rotatable bonds is 2. The van der Waals surface area contributed by atoms with Crippen molar-refractivity contribution in [2.75, 3.05) is 5.32 Å². The predicted molar refractivity (Wildman–Crippen MR) is 84.4 cm³/mol. The molecule has 4 heteroatoms. The second kappa shape index (κ2) is 6.15. The summed E-state index contributed by atoms with van der Waals surface area (Å²) in [5.41, 5.74) is 3.13. The van der Waals surface area contributed by atoms with E-state index in [1.807, 2.05) is 52.8 Å². The van der Waals surface area contributed by atoms with Gasteiger partial charge in [-0.3, -0.25) is 4.79 Å². The van der Waals surface area contributed by atoms with E-state index in [1.54, 1.807) is 0 Å². The largest absolute Gasteiger partial charge is 0.332 e. The molecule has 0 unspecified atom stereocenters. The second-order valence-electron chi connectivity index (χ2n) is 6.06. The average Bonchev–Trinajstić information content (AvgIpc) is 2.20. The van der Waals surface area contributed by atoms with Crippen molar-refractivity contribution in [2.24, 2.45) is 5.41 Å². The molecule has 1 amide bonds. The summed E-state index contributed by atoms with van der Waals surface area (Å²) < 4.78 is 0. The Bertz CT molecular complexity index is 489. The molecule has 0 saturated carbocycles. The molecular weight excluding hydrogens is 256 g/mol. The van der Waals surface area contributed by atoms with Gasteiger partial charge in [0.25, 0.3) is 0 Å². The van der Waals surface area contributed by atoms with Crippen LogP contribution in [0.25, 0.3) is 0 Å². The van der Waals surface area contributed by atoms with Crippen LogP contribution in [-0.2, 0) is 4.79 Å². The summed E-state index contributed by atoms with van der Waals surface area (Å²) in [6.07, 6.45) is 0.446. The molecule has 0 aromatic heterocycles. The topological polar surface area (TPSA) is 41.1 Å². The maximum Gasteiger partial charge on any atom is 0.226 e. The number of anilines is 1. The number of carbonyl (C=O) groups excluding carboxylic acids is 1. The summed E-state index contributed by atoms with van der Waals surface area (Å²) in [5.74, 6) is -0.0599. The Morgan fingerprint density at radius 2 is 1.89 bits per heavy atom. The van der Waals surface area contributed by atoms with Crippen molar-refractivity contribution in [1.29, 1.82) is 0 Å². The quantitative estimate of drug-likeness (QED) is 0.813. The molecule has 0 aliphatic heterocycles. The van der Waals surface area contributed by atoms with Crippen molar-refractivity contribution in [3.8, 4) is 0 Å². The fraction of sp³-hybridized carbons (Fsp3) is 0.467. The first kappa shape index (κ1) is 15.6. The lowest BCUT2D eigenvalue weighted by Gasteiger charge is -2.18. The first-order valence-corrected chi connectivity index (χ1v) is 6.76. The van der Waals surface area contributed by atoms with Gasteiger partial charge in [0.1, 0.15) is 0 Å². The van der Waals surface area contributed by atoms with Gasteiger partial charge in [-0.1, -0.05) is 32.9 Å². The van der Waals surface area contributed by atoms with E-state index < -0.39 is 0 Å². The third-order valence-electron chi connectivity index (χ3n) is 2.59. The van der Waals surface area contributed by atoms with Crippen molar-refractivity contribution in [1.82, 2.24) is 5.32 Å². The standard InChI is InChI=1S/C15H22N2OS/c1-10-6-7-11(2)12(8-10)16-14(19)17-13(18)9-15(3,4)5/h6-8H,9H2,1-5H3,(H2,16,17,18,19). The van der Waals surface area contributed by atoms with Crippen molar-refractivity contribution in [3.63, 3.8) is 0 Å². The first-order chi connectivity index (χ1) is 8.67. The van der Waals surface area contributed by atoms with Crippen LogP contribution in [-0.4, -0.2) is 11.0 Å². The highest BCUT2D eigenvalue weighted by molar-refractivity contribution is 7.80. The fourth-order valence-corrected chi connectivity index (χ4v) is 1.90. The van der Waals surface area contributed by atoms with E-state index in [4.69, 9.17) is 12.2 Å². The first-order valence-electron chi connectivity index (χ1n) is 6.35. The van der Waals surface area contributed by atoms with Gasteiger partial charge in [-0.2, -0.15) is 0 Å². The zero-order chi connectivity index (χ0) is 14.6. The van der Waals surface area contributed by atoms with Crippen LogP contribution in [0.5, 0.6) is 0 Å². The highest BCUT2D eigenvalue weighted by Crippen LogP contribution is 2.18. The SMILES string of the molecule is Cc1ccc(C)c(NC(=S)NC(=O)CC(C)(C)C)c1. The summed E-state index contributed by atoms with van der Waals surface area (Å²) in [6.45, 7) is 10.1. The fourth-order valence-electron chi connectivity index (χ4n) is 1.68. The highest BCUT2D eigenvalue weighted by atomic mass is 32.1. The van der Waals surface area contributed by atoms with Gasteiger partial charge >= 0.3 is 0 Å². The van der Waals surface area contributed by atoms with E-state index >= 15 is 0 Å². The normalized spacial score (nSPS) is 11.0. The third-order valence-corrected chi connectivity index (χ3v) is 2.79. The second-order valence-corrected chi connectivity index (χ2v) is 6.47. The molecular formula is C15H22N2OS. The molecule has 0 spiro atoms. The summed E-state index contributed by atoms with van der Waals surface area (Å²) in [7, 11) is 0. The van der Waals surface area contributed by atoms with Crippen LogP contribution < -0.4 is 10.6 Å². The number of carbonyl (C=O) groups is 1. The number of nitrogens with one attached hydrogen (secondary N) is 2. The smallest absolute Gasteiger partial charge is 0.226 e. The Kier molecular flexibility index (Phi) is 5.06. The molecule has 3 nitrogen and oxygen atoms in total. The number of thiocarbonyl (C=S) groups is 1. The number of aryl methyl sites for hydroxylation is 2. The Hall–Kier alpha value is -1.42. The molecule has 0 bridgehead atoms. The Morgan fingerprint density at radius 1 is 1.26 bits per heavy atom. The molecule has 0 atom stereocenters. The van der Waals surface area contributed by atoms with Crippen LogP contribution in [0.2, 0.25) is 0 Å².